The molecular formula is C15H12BrN3OS3. The maximum absolute atomic E-state index is 11.9. The van der Waals surface area contributed by atoms with Crippen LogP contribution in [-0.2, 0) is 17.0 Å². The molecule has 0 radical (unpaired) electrons. The summed E-state index contributed by atoms with van der Waals surface area (Å²) in [5.74, 6) is 0.778. The maximum atomic E-state index is 11.9. The fourth-order valence-corrected chi connectivity index (χ4v) is 4.38. The molecule has 0 aliphatic rings. The van der Waals surface area contributed by atoms with Gasteiger partial charge in [0.2, 0.25) is 5.91 Å². The van der Waals surface area contributed by atoms with Crippen LogP contribution in [0.3, 0.4) is 0 Å². The molecule has 0 spiro atoms. The van der Waals surface area contributed by atoms with Gasteiger partial charge in [-0.25, -0.2) is 9.97 Å². The minimum absolute atomic E-state index is 0.0882. The average molecular weight is 426 g/mol. The number of amides is 1. The van der Waals surface area contributed by atoms with Crippen molar-refractivity contribution in [2.24, 2.45) is 0 Å². The molecule has 3 aromatic rings. The van der Waals surface area contributed by atoms with E-state index in [1.807, 2.05) is 22.9 Å². The minimum atomic E-state index is -0.0882. The van der Waals surface area contributed by atoms with Gasteiger partial charge < -0.3 is 5.32 Å². The predicted octanol–water partition coefficient (Wildman–Crippen LogP) is 4.84. The van der Waals surface area contributed by atoms with Crippen molar-refractivity contribution < 1.29 is 4.79 Å². The number of hydrogen-bond acceptors (Lipinski definition) is 6. The average Bonchev–Trinajstić information content (AvgIpc) is 3.19. The summed E-state index contributed by atoms with van der Waals surface area (Å²) >= 11 is 8.09. The fraction of sp³-hybridized carbons (Fsp3) is 0.133. The van der Waals surface area contributed by atoms with Crippen molar-refractivity contribution in [3.63, 3.8) is 0 Å². The summed E-state index contributed by atoms with van der Waals surface area (Å²) in [7, 11) is 0. The number of thioether (sulfide) groups is 1. The molecule has 2 heterocycles. The van der Waals surface area contributed by atoms with E-state index in [2.05, 4.69) is 43.3 Å². The van der Waals surface area contributed by atoms with Gasteiger partial charge in [0.25, 0.3) is 0 Å². The number of aromatic nitrogens is 2. The number of benzene rings is 1. The van der Waals surface area contributed by atoms with E-state index in [9.17, 15) is 4.79 Å². The summed E-state index contributed by atoms with van der Waals surface area (Å²) in [4.78, 5) is 20.4. The number of hydrogen-bond donors (Lipinski definition) is 1. The highest BCUT2D eigenvalue weighted by molar-refractivity contribution is 9.10. The summed E-state index contributed by atoms with van der Waals surface area (Å²) < 4.78 is 2.05. The highest BCUT2D eigenvalue weighted by atomic mass is 79.9. The summed E-state index contributed by atoms with van der Waals surface area (Å²) in [5.41, 5.74) is 2.04. The first-order chi connectivity index (χ1) is 11.2. The summed E-state index contributed by atoms with van der Waals surface area (Å²) in [6.07, 6.45) is 1.94. The van der Waals surface area contributed by atoms with Gasteiger partial charge >= 0.3 is 0 Å². The molecule has 8 heteroatoms. The van der Waals surface area contributed by atoms with Gasteiger partial charge in [-0.05, 0) is 17.7 Å². The van der Waals surface area contributed by atoms with Gasteiger partial charge in [0.05, 0.1) is 12.1 Å². The van der Waals surface area contributed by atoms with Crippen LogP contribution in [0.2, 0.25) is 0 Å². The topological polar surface area (TPSA) is 54.9 Å². The molecule has 0 unspecified atom stereocenters. The van der Waals surface area contributed by atoms with Crippen LogP contribution in [0.25, 0.3) is 0 Å². The Morgan fingerprint density at radius 2 is 2.09 bits per heavy atom. The van der Waals surface area contributed by atoms with E-state index in [4.69, 9.17) is 0 Å². The highest BCUT2D eigenvalue weighted by Crippen LogP contribution is 2.27. The lowest BCUT2D eigenvalue weighted by molar-refractivity contribution is -0.115. The molecule has 1 N–H and O–H groups in total. The van der Waals surface area contributed by atoms with Crippen molar-refractivity contribution in [3.05, 3.63) is 57.0 Å². The van der Waals surface area contributed by atoms with E-state index in [-0.39, 0.29) is 12.3 Å². The number of halogens is 1. The largest absolute Gasteiger partial charge is 0.302 e. The normalized spacial score (nSPS) is 10.7. The maximum Gasteiger partial charge on any atom is 0.232 e. The number of thiazole rings is 2. The summed E-state index contributed by atoms with van der Waals surface area (Å²) in [5, 5.41) is 7.15. The van der Waals surface area contributed by atoms with E-state index >= 15 is 0 Å². The van der Waals surface area contributed by atoms with Crippen LogP contribution in [-0.4, -0.2) is 15.9 Å². The van der Waals surface area contributed by atoms with E-state index in [0.717, 1.165) is 20.3 Å². The van der Waals surface area contributed by atoms with Crippen molar-refractivity contribution in [1.29, 1.82) is 0 Å². The third kappa shape index (κ3) is 5.13. The van der Waals surface area contributed by atoms with Gasteiger partial charge in [-0.1, -0.05) is 39.8 Å². The second-order valence-electron chi connectivity index (χ2n) is 4.58. The van der Waals surface area contributed by atoms with Crippen LogP contribution in [0.4, 0.5) is 5.13 Å². The molecule has 1 aromatic carbocycles. The monoisotopic (exact) mass is 425 g/mol. The molecule has 0 fully saturated rings. The zero-order chi connectivity index (χ0) is 16.1. The van der Waals surface area contributed by atoms with E-state index in [0.29, 0.717) is 5.13 Å². The molecule has 3 rings (SSSR count). The second kappa shape index (κ2) is 8.05. The van der Waals surface area contributed by atoms with Crippen molar-refractivity contribution in [1.82, 2.24) is 9.97 Å². The molecule has 0 saturated carbocycles. The second-order valence-corrected chi connectivity index (χ2v) is 8.47. The SMILES string of the molecule is O=C(Cc1csc(SCc2ccc(Br)cc2)n1)Nc1nccs1. The number of nitrogens with zero attached hydrogens (tertiary/aromatic N) is 2. The van der Waals surface area contributed by atoms with Crippen molar-refractivity contribution in [2.45, 2.75) is 16.5 Å². The third-order valence-corrected chi connectivity index (χ3v) is 6.18. The lowest BCUT2D eigenvalue weighted by Gasteiger charge is -2.00. The Bertz CT molecular complexity index is 772. The number of carbonyl (C=O) groups excluding carboxylic acids is 1. The molecule has 118 valence electrons. The molecule has 23 heavy (non-hydrogen) atoms. The summed E-state index contributed by atoms with van der Waals surface area (Å²) in [6, 6.07) is 8.25. The Balaban J connectivity index is 1.51. The lowest BCUT2D eigenvalue weighted by Crippen LogP contribution is -2.14. The number of anilines is 1. The van der Waals surface area contributed by atoms with Crippen LogP contribution < -0.4 is 5.32 Å². The van der Waals surface area contributed by atoms with Gasteiger partial charge in [-0.2, -0.15) is 0 Å². The molecule has 0 atom stereocenters. The molecule has 0 saturated heterocycles. The molecule has 0 aliphatic carbocycles. The van der Waals surface area contributed by atoms with Gasteiger partial charge in [0.15, 0.2) is 5.13 Å². The fourth-order valence-electron chi connectivity index (χ4n) is 1.77. The molecule has 4 nitrogen and oxygen atoms in total. The Kier molecular flexibility index (Phi) is 5.82. The highest BCUT2D eigenvalue weighted by Gasteiger charge is 2.09. The number of rotatable bonds is 6. The van der Waals surface area contributed by atoms with Gasteiger partial charge in [-0.15, -0.1) is 22.7 Å². The van der Waals surface area contributed by atoms with Crippen LogP contribution >= 0.6 is 50.4 Å². The van der Waals surface area contributed by atoms with Crippen LogP contribution in [0.5, 0.6) is 0 Å². The third-order valence-electron chi connectivity index (χ3n) is 2.83. The number of carbonyl (C=O) groups is 1. The van der Waals surface area contributed by atoms with Gasteiger partial charge in [0.1, 0.15) is 4.34 Å². The lowest BCUT2D eigenvalue weighted by atomic mass is 10.2. The van der Waals surface area contributed by atoms with Crippen LogP contribution in [0, 0.1) is 0 Å². The smallest absolute Gasteiger partial charge is 0.232 e. The standard InChI is InChI=1S/C15H12BrN3OS3/c16-11-3-1-10(2-4-11)8-22-15-18-12(9-23-15)7-13(20)19-14-17-5-6-21-14/h1-6,9H,7-8H2,(H,17,19,20). The number of nitrogens with one attached hydrogen (secondary N) is 1. The Morgan fingerprint density at radius 1 is 1.26 bits per heavy atom. The molecule has 2 aromatic heterocycles. The molecule has 0 bridgehead atoms. The van der Waals surface area contributed by atoms with Crippen LogP contribution in [0.15, 0.2) is 50.0 Å². The van der Waals surface area contributed by atoms with E-state index in [1.54, 1.807) is 29.3 Å². The predicted molar refractivity (Wildman–Crippen MR) is 100 cm³/mol. The zero-order valence-electron chi connectivity index (χ0n) is 11.9. The summed E-state index contributed by atoms with van der Waals surface area (Å²) in [6.45, 7) is 0. The Morgan fingerprint density at radius 3 is 2.83 bits per heavy atom. The minimum Gasteiger partial charge on any atom is -0.302 e. The van der Waals surface area contributed by atoms with Gasteiger partial charge in [0, 0.05) is 27.2 Å². The van der Waals surface area contributed by atoms with Crippen LogP contribution in [0.1, 0.15) is 11.3 Å². The van der Waals surface area contributed by atoms with E-state index < -0.39 is 0 Å². The molecule has 1 amide bonds. The first-order valence-corrected chi connectivity index (χ1v) is 10.2. The zero-order valence-corrected chi connectivity index (χ0v) is 15.9. The Labute approximate surface area is 154 Å². The molecular weight excluding hydrogens is 414 g/mol. The van der Waals surface area contributed by atoms with Crippen molar-refractivity contribution >= 4 is 61.4 Å². The van der Waals surface area contributed by atoms with Crippen molar-refractivity contribution in [2.75, 3.05) is 5.32 Å². The van der Waals surface area contributed by atoms with E-state index in [1.165, 1.54) is 16.9 Å². The van der Waals surface area contributed by atoms with Gasteiger partial charge in [-0.3, -0.25) is 4.79 Å². The molecule has 0 aliphatic heterocycles. The van der Waals surface area contributed by atoms with Crippen molar-refractivity contribution in [3.8, 4) is 0 Å². The first kappa shape index (κ1) is 16.6. The Hall–Kier alpha value is -1.22. The quantitative estimate of drug-likeness (QED) is 0.574. The first-order valence-electron chi connectivity index (χ1n) is 6.70.